The van der Waals surface area contributed by atoms with Gasteiger partial charge >= 0.3 is 0 Å². The van der Waals surface area contributed by atoms with Gasteiger partial charge in [0.1, 0.15) is 0 Å². The number of hydrogen-bond acceptors (Lipinski definition) is 3. The largest absolute Gasteiger partial charge is 0.399 e. The first kappa shape index (κ1) is 12.5. The Hall–Kier alpha value is -2.49. The lowest BCUT2D eigenvalue weighted by Gasteiger charge is -2.07. The number of aromatic nitrogens is 2. The number of nitrogens with two attached hydrogens (primary N) is 1. The van der Waals surface area contributed by atoms with Gasteiger partial charge < -0.3 is 16.0 Å². The van der Waals surface area contributed by atoms with Crippen LogP contribution in [0.4, 0.5) is 11.6 Å². The number of nitrogens with one attached hydrogen (secondary N) is 2. The molecule has 20 heavy (non-hydrogen) atoms. The summed E-state index contributed by atoms with van der Waals surface area (Å²) in [5, 5.41) is 3.34. The summed E-state index contributed by atoms with van der Waals surface area (Å²) >= 11 is 0. The van der Waals surface area contributed by atoms with Crippen molar-refractivity contribution >= 4 is 22.7 Å². The van der Waals surface area contributed by atoms with Crippen LogP contribution in [-0.4, -0.2) is 9.97 Å². The lowest BCUT2D eigenvalue weighted by atomic mass is 10.1. The fraction of sp³-hybridized carbons (Fsp3) is 0.188. The molecule has 0 unspecified atom stereocenters. The molecule has 0 aliphatic heterocycles. The smallest absolute Gasteiger partial charge is 0.201 e. The summed E-state index contributed by atoms with van der Waals surface area (Å²) in [4.78, 5) is 7.74. The van der Waals surface area contributed by atoms with Crippen LogP contribution in [0, 0.1) is 0 Å². The number of imidazole rings is 1. The van der Waals surface area contributed by atoms with Crippen molar-refractivity contribution < 1.29 is 0 Å². The Kier molecular flexibility index (Phi) is 3.29. The topological polar surface area (TPSA) is 66.7 Å². The molecular weight excluding hydrogens is 248 g/mol. The number of fused-ring (bicyclic) bond motifs is 1. The molecule has 0 fully saturated rings. The fourth-order valence-electron chi connectivity index (χ4n) is 2.36. The summed E-state index contributed by atoms with van der Waals surface area (Å²) in [7, 11) is 0. The van der Waals surface area contributed by atoms with E-state index in [-0.39, 0.29) is 0 Å². The van der Waals surface area contributed by atoms with Gasteiger partial charge in [-0.1, -0.05) is 31.2 Å². The van der Waals surface area contributed by atoms with Crippen molar-refractivity contribution in [2.24, 2.45) is 0 Å². The van der Waals surface area contributed by atoms with Crippen molar-refractivity contribution in [2.45, 2.75) is 19.9 Å². The van der Waals surface area contributed by atoms with E-state index in [4.69, 9.17) is 5.73 Å². The maximum Gasteiger partial charge on any atom is 0.201 e. The molecule has 0 atom stereocenters. The molecule has 4 N–H and O–H groups in total. The Labute approximate surface area is 118 Å². The molecular formula is C16H18N4. The number of aryl methyl sites for hydroxylation is 1. The van der Waals surface area contributed by atoms with Crippen molar-refractivity contribution in [1.29, 1.82) is 0 Å². The monoisotopic (exact) mass is 266 g/mol. The molecule has 3 aromatic rings. The molecule has 0 amide bonds. The van der Waals surface area contributed by atoms with Crippen LogP contribution in [0.25, 0.3) is 11.0 Å². The number of hydrogen-bond donors (Lipinski definition) is 3. The van der Waals surface area contributed by atoms with E-state index < -0.39 is 0 Å². The third kappa shape index (κ3) is 2.45. The third-order valence-corrected chi connectivity index (χ3v) is 3.45. The van der Waals surface area contributed by atoms with Crippen LogP contribution in [0.5, 0.6) is 0 Å². The highest BCUT2D eigenvalue weighted by Gasteiger charge is 2.04. The maximum absolute atomic E-state index is 5.77. The highest BCUT2D eigenvalue weighted by atomic mass is 15.1. The molecule has 4 heteroatoms. The predicted octanol–water partition coefficient (Wildman–Crippen LogP) is 3.32. The zero-order valence-corrected chi connectivity index (χ0v) is 11.5. The van der Waals surface area contributed by atoms with E-state index in [1.54, 1.807) is 0 Å². The number of nitrogen functional groups attached to an aromatic ring is 1. The number of aromatic amines is 1. The minimum Gasteiger partial charge on any atom is -0.399 e. The first-order valence-electron chi connectivity index (χ1n) is 6.82. The zero-order chi connectivity index (χ0) is 13.9. The van der Waals surface area contributed by atoms with Crippen LogP contribution < -0.4 is 11.1 Å². The first-order chi connectivity index (χ1) is 9.76. The molecule has 3 rings (SSSR count). The summed E-state index contributed by atoms with van der Waals surface area (Å²) in [6, 6.07) is 14.1. The van der Waals surface area contributed by atoms with E-state index in [2.05, 4.69) is 46.5 Å². The van der Waals surface area contributed by atoms with E-state index >= 15 is 0 Å². The number of rotatable bonds is 4. The Bertz CT molecular complexity index is 730. The van der Waals surface area contributed by atoms with Crippen molar-refractivity contribution in [3.63, 3.8) is 0 Å². The van der Waals surface area contributed by atoms with Gasteiger partial charge in [-0.3, -0.25) is 0 Å². The van der Waals surface area contributed by atoms with Gasteiger partial charge in [-0.2, -0.15) is 0 Å². The maximum atomic E-state index is 5.77. The average Bonchev–Trinajstić information content (AvgIpc) is 2.87. The van der Waals surface area contributed by atoms with Gasteiger partial charge in [0.15, 0.2) is 0 Å². The van der Waals surface area contributed by atoms with E-state index in [0.717, 1.165) is 35.6 Å². The fourth-order valence-corrected chi connectivity index (χ4v) is 2.36. The second kappa shape index (κ2) is 5.25. The second-order valence-corrected chi connectivity index (χ2v) is 4.84. The number of benzene rings is 2. The Morgan fingerprint density at radius 2 is 1.95 bits per heavy atom. The molecule has 0 saturated heterocycles. The Morgan fingerprint density at radius 3 is 2.75 bits per heavy atom. The van der Waals surface area contributed by atoms with Crippen LogP contribution in [0.3, 0.4) is 0 Å². The van der Waals surface area contributed by atoms with Gasteiger partial charge in [0, 0.05) is 12.2 Å². The van der Waals surface area contributed by atoms with Crippen molar-refractivity contribution in [2.75, 3.05) is 11.1 Å². The van der Waals surface area contributed by atoms with Crippen LogP contribution in [0.2, 0.25) is 0 Å². The summed E-state index contributed by atoms with van der Waals surface area (Å²) in [5.41, 5.74) is 11.0. The highest BCUT2D eigenvalue weighted by molar-refractivity contribution is 5.80. The zero-order valence-electron chi connectivity index (χ0n) is 11.5. The number of H-pyrrole nitrogens is 1. The molecule has 0 radical (unpaired) electrons. The molecule has 0 aliphatic rings. The van der Waals surface area contributed by atoms with Gasteiger partial charge in [-0.25, -0.2) is 4.98 Å². The van der Waals surface area contributed by atoms with Gasteiger partial charge in [-0.15, -0.1) is 0 Å². The van der Waals surface area contributed by atoms with Gasteiger partial charge in [0.25, 0.3) is 0 Å². The van der Waals surface area contributed by atoms with Crippen LogP contribution >= 0.6 is 0 Å². The molecule has 0 saturated carbocycles. The third-order valence-electron chi connectivity index (χ3n) is 3.45. The Morgan fingerprint density at radius 1 is 1.15 bits per heavy atom. The standard InChI is InChI=1S/C16H18N4/c1-2-11-5-3-4-6-12(11)10-18-16-19-14-8-7-13(17)9-15(14)20-16/h3-9H,2,10,17H2,1H3,(H2,18,19,20). The van der Waals surface area contributed by atoms with Gasteiger partial charge in [0.2, 0.25) is 5.95 Å². The minimum atomic E-state index is 0.740. The highest BCUT2D eigenvalue weighted by Crippen LogP contribution is 2.18. The van der Waals surface area contributed by atoms with E-state index in [1.165, 1.54) is 11.1 Å². The van der Waals surface area contributed by atoms with Crippen LogP contribution in [-0.2, 0) is 13.0 Å². The molecule has 1 heterocycles. The first-order valence-corrected chi connectivity index (χ1v) is 6.82. The van der Waals surface area contributed by atoms with Crippen molar-refractivity contribution in [1.82, 2.24) is 9.97 Å². The van der Waals surface area contributed by atoms with Crippen molar-refractivity contribution in [3.05, 3.63) is 53.6 Å². The van der Waals surface area contributed by atoms with E-state index in [0.29, 0.717) is 0 Å². The van der Waals surface area contributed by atoms with E-state index in [1.807, 2.05) is 18.2 Å². The van der Waals surface area contributed by atoms with Crippen molar-refractivity contribution in [3.8, 4) is 0 Å². The summed E-state index contributed by atoms with van der Waals surface area (Å²) < 4.78 is 0. The molecule has 0 bridgehead atoms. The molecule has 2 aromatic carbocycles. The average molecular weight is 266 g/mol. The van der Waals surface area contributed by atoms with Gasteiger partial charge in [-0.05, 0) is 35.7 Å². The van der Waals surface area contributed by atoms with Crippen LogP contribution in [0.1, 0.15) is 18.1 Å². The number of anilines is 2. The number of nitrogens with zero attached hydrogens (tertiary/aromatic N) is 1. The summed E-state index contributed by atoms with van der Waals surface area (Å²) in [6.07, 6.45) is 1.04. The predicted molar refractivity (Wildman–Crippen MR) is 83.7 cm³/mol. The quantitative estimate of drug-likeness (QED) is 0.635. The minimum absolute atomic E-state index is 0.740. The van der Waals surface area contributed by atoms with Crippen LogP contribution in [0.15, 0.2) is 42.5 Å². The SMILES string of the molecule is CCc1ccccc1CNc1nc2ccc(N)cc2[nH]1. The summed E-state index contributed by atoms with van der Waals surface area (Å²) in [5.74, 6) is 0.775. The Balaban J connectivity index is 1.79. The molecule has 102 valence electrons. The lowest BCUT2D eigenvalue weighted by Crippen LogP contribution is -2.03. The van der Waals surface area contributed by atoms with Gasteiger partial charge in [0.05, 0.1) is 11.0 Å². The molecule has 0 spiro atoms. The molecule has 4 nitrogen and oxygen atoms in total. The summed E-state index contributed by atoms with van der Waals surface area (Å²) in [6.45, 7) is 2.93. The lowest BCUT2D eigenvalue weighted by molar-refractivity contribution is 1.03. The normalized spacial score (nSPS) is 10.8. The second-order valence-electron chi connectivity index (χ2n) is 4.84. The molecule has 1 aromatic heterocycles. The van der Waals surface area contributed by atoms with E-state index in [9.17, 15) is 0 Å². The molecule has 0 aliphatic carbocycles.